The van der Waals surface area contributed by atoms with Crippen LogP contribution in [0.25, 0.3) is 0 Å². The van der Waals surface area contributed by atoms with Crippen molar-refractivity contribution in [1.82, 2.24) is 5.32 Å². The molecule has 3 N–H and O–H groups in total. The van der Waals surface area contributed by atoms with Crippen molar-refractivity contribution in [3.63, 3.8) is 0 Å². The fourth-order valence-corrected chi connectivity index (χ4v) is 3.81. The smallest absolute Gasteiger partial charge is 0.300 e. The fourth-order valence-electron chi connectivity index (χ4n) is 3.03. The topological polar surface area (TPSA) is 191 Å². The van der Waals surface area contributed by atoms with Crippen LogP contribution >= 0.6 is 15.9 Å². The molecular formula is C18H27BrN4O9S. The molecule has 15 heteroatoms. The zero-order chi connectivity index (χ0) is 25.0. The quantitative estimate of drug-likeness (QED) is 0.0895. The first kappa shape index (κ1) is 28.7. The SMILES string of the molecule is CS(=O)(=O)OCCNc1c([N+](=O)[O-])cc([N+](=O)[O-])c(CCBr)c1C(=O)NCCCCCCO. The molecule has 0 bridgehead atoms. The number of aliphatic hydroxyl groups is 1. The summed E-state index contributed by atoms with van der Waals surface area (Å²) in [5, 5.41) is 37.6. The Kier molecular flexibility index (Phi) is 12.2. The predicted molar refractivity (Wildman–Crippen MR) is 124 cm³/mol. The first-order valence-electron chi connectivity index (χ1n) is 10.1. The number of carbonyl (C=O) groups is 1. The molecule has 0 saturated heterocycles. The number of halogens is 1. The maximum Gasteiger partial charge on any atom is 0.300 e. The summed E-state index contributed by atoms with van der Waals surface area (Å²) in [6.45, 7) is -0.281. The van der Waals surface area contributed by atoms with Gasteiger partial charge in [-0.3, -0.25) is 29.2 Å². The summed E-state index contributed by atoms with van der Waals surface area (Å²) >= 11 is 3.18. The Bertz CT molecular complexity index is 957. The molecule has 0 spiro atoms. The molecule has 0 heterocycles. The predicted octanol–water partition coefficient (Wildman–Crippen LogP) is 2.11. The van der Waals surface area contributed by atoms with Crippen molar-refractivity contribution in [3.8, 4) is 0 Å². The molecule has 0 saturated carbocycles. The summed E-state index contributed by atoms with van der Waals surface area (Å²) in [5.41, 5.74) is -1.74. The highest BCUT2D eigenvalue weighted by molar-refractivity contribution is 9.09. The number of unbranched alkanes of at least 4 members (excludes halogenated alkanes) is 3. The zero-order valence-electron chi connectivity index (χ0n) is 18.0. The fraction of sp³-hybridized carbons (Fsp3) is 0.611. The van der Waals surface area contributed by atoms with Gasteiger partial charge in [-0.1, -0.05) is 28.8 Å². The Morgan fingerprint density at radius 1 is 1.12 bits per heavy atom. The van der Waals surface area contributed by atoms with Crippen LogP contribution in [0.3, 0.4) is 0 Å². The van der Waals surface area contributed by atoms with E-state index in [0.29, 0.717) is 12.8 Å². The van der Waals surface area contributed by atoms with Gasteiger partial charge in [0.25, 0.3) is 27.4 Å². The minimum atomic E-state index is -3.75. The van der Waals surface area contributed by atoms with Crippen LogP contribution in [0.1, 0.15) is 41.6 Å². The largest absolute Gasteiger partial charge is 0.396 e. The number of nitro groups is 2. The molecule has 0 aromatic heterocycles. The van der Waals surface area contributed by atoms with Crippen molar-refractivity contribution < 1.29 is 32.3 Å². The molecule has 0 unspecified atom stereocenters. The third-order valence-electron chi connectivity index (χ3n) is 4.43. The highest BCUT2D eigenvalue weighted by Crippen LogP contribution is 2.38. The number of nitro benzene ring substituents is 2. The Morgan fingerprint density at radius 2 is 1.76 bits per heavy atom. The van der Waals surface area contributed by atoms with Crippen LogP contribution in [-0.4, -0.2) is 67.2 Å². The lowest BCUT2D eigenvalue weighted by Gasteiger charge is -2.16. The van der Waals surface area contributed by atoms with E-state index < -0.39 is 37.2 Å². The molecule has 0 aliphatic rings. The van der Waals surface area contributed by atoms with Gasteiger partial charge in [0.15, 0.2) is 0 Å². The first-order chi connectivity index (χ1) is 15.5. The van der Waals surface area contributed by atoms with E-state index in [1.54, 1.807) is 0 Å². The van der Waals surface area contributed by atoms with Crippen LogP contribution in [0.4, 0.5) is 17.1 Å². The van der Waals surface area contributed by atoms with E-state index in [9.17, 15) is 33.4 Å². The Hall–Kier alpha value is -2.36. The average molecular weight is 555 g/mol. The van der Waals surface area contributed by atoms with Crippen molar-refractivity contribution in [3.05, 3.63) is 37.4 Å². The zero-order valence-corrected chi connectivity index (χ0v) is 20.4. The average Bonchev–Trinajstić information content (AvgIpc) is 2.72. The lowest BCUT2D eigenvalue weighted by molar-refractivity contribution is -0.394. The highest BCUT2D eigenvalue weighted by Gasteiger charge is 2.32. The molecular weight excluding hydrogens is 528 g/mol. The van der Waals surface area contributed by atoms with Crippen molar-refractivity contribution >= 4 is 49.0 Å². The minimum Gasteiger partial charge on any atom is -0.396 e. The number of anilines is 1. The Morgan fingerprint density at radius 3 is 2.30 bits per heavy atom. The number of alkyl halides is 1. The summed E-state index contributed by atoms with van der Waals surface area (Å²) in [5.74, 6) is -0.730. The van der Waals surface area contributed by atoms with Gasteiger partial charge >= 0.3 is 0 Å². The molecule has 186 valence electrons. The van der Waals surface area contributed by atoms with E-state index in [1.807, 2.05) is 0 Å². The summed E-state index contributed by atoms with van der Waals surface area (Å²) < 4.78 is 26.9. The number of carbonyl (C=O) groups excluding carboxylic acids is 1. The van der Waals surface area contributed by atoms with Crippen LogP contribution in [0.2, 0.25) is 0 Å². The van der Waals surface area contributed by atoms with Gasteiger partial charge in [-0.15, -0.1) is 0 Å². The standard InChI is InChI=1S/C18H27BrN4O9S/c1-33(30,31)32-11-9-20-17-15(23(28)29)12-14(22(26)27)13(6-7-19)16(17)18(25)21-8-4-2-3-5-10-24/h12,20,24H,2-11H2,1H3,(H,21,25). The number of rotatable bonds is 16. The van der Waals surface area contributed by atoms with Gasteiger partial charge in [0.05, 0.1) is 34.3 Å². The van der Waals surface area contributed by atoms with Crippen molar-refractivity contribution in [2.45, 2.75) is 32.1 Å². The molecule has 0 aliphatic heterocycles. The molecule has 1 rings (SSSR count). The molecule has 1 aromatic rings. The van der Waals surface area contributed by atoms with E-state index in [0.717, 1.165) is 25.2 Å². The molecule has 33 heavy (non-hydrogen) atoms. The van der Waals surface area contributed by atoms with Gasteiger partial charge < -0.3 is 15.7 Å². The summed E-state index contributed by atoms with van der Waals surface area (Å²) in [6, 6.07) is 0.781. The second-order valence-corrected chi connectivity index (χ2v) is 9.38. The molecule has 1 aromatic carbocycles. The van der Waals surface area contributed by atoms with Crippen LogP contribution in [0.5, 0.6) is 0 Å². The Labute approximate surface area is 199 Å². The third kappa shape index (κ3) is 9.57. The molecule has 13 nitrogen and oxygen atoms in total. The van der Waals surface area contributed by atoms with Crippen molar-refractivity contribution in [1.29, 1.82) is 0 Å². The number of benzene rings is 1. The normalized spacial score (nSPS) is 11.2. The van der Waals surface area contributed by atoms with Gasteiger partial charge in [-0.25, -0.2) is 0 Å². The molecule has 0 fully saturated rings. The number of nitrogens with one attached hydrogen (secondary N) is 2. The third-order valence-corrected chi connectivity index (χ3v) is 5.42. The second kappa shape index (κ2) is 14.0. The highest BCUT2D eigenvalue weighted by atomic mass is 79.9. The Balaban J connectivity index is 3.35. The van der Waals surface area contributed by atoms with E-state index >= 15 is 0 Å². The number of hydrogen-bond donors (Lipinski definition) is 3. The number of hydrogen-bond acceptors (Lipinski definition) is 10. The van der Waals surface area contributed by atoms with Gasteiger partial charge in [0.1, 0.15) is 5.69 Å². The number of nitrogens with zero attached hydrogens (tertiary/aromatic N) is 2. The maximum atomic E-state index is 13.0. The maximum absolute atomic E-state index is 13.0. The van der Waals surface area contributed by atoms with Gasteiger partial charge in [-0.05, 0) is 19.3 Å². The van der Waals surface area contributed by atoms with E-state index in [2.05, 4.69) is 30.7 Å². The summed E-state index contributed by atoms with van der Waals surface area (Å²) in [4.78, 5) is 34.6. The van der Waals surface area contributed by atoms with Gasteiger partial charge in [0.2, 0.25) is 0 Å². The monoisotopic (exact) mass is 554 g/mol. The first-order valence-corrected chi connectivity index (χ1v) is 13.0. The second-order valence-electron chi connectivity index (χ2n) is 6.94. The molecule has 1 amide bonds. The van der Waals surface area contributed by atoms with Crippen LogP contribution in [0, 0.1) is 20.2 Å². The van der Waals surface area contributed by atoms with Crippen LogP contribution < -0.4 is 10.6 Å². The lowest BCUT2D eigenvalue weighted by atomic mass is 9.98. The van der Waals surface area contributed by atoms with E-state index in [-0.39, 0.29) is 54.9 Å². The summed E-state index contributed by atoms with van der Waals surface area (Å²) in [6.07, 6.45) is 3.59. The number of aliphatic hydroxyl groups excluding tert-OH is 1. The van der Waals surface area contributed by atoms with E-state index in [4.69, 9.17) is 5.11 Å². The lowest BCUT2D eigenvalue weighted by Crippen LogP contribution is -2.28. The number of amides is 1. The van der Waals surface area contributed by atoms with Gasteiger partial charge in [0, 0.05) is 30.6 Å². The van der Waals surface area contributed by atoms with E-state index in [1.165, 1.54) is 0 Å². The van der Waals surface area contributed by atoms with Gasteiger partial charge in [-0.2, -0.15) is 8.42 Å². The molecule has 0 atom stereocenters. The van der Waals surface area contributed by atoms with Crippen molar-refractivity contribution in [2.75, 3.05) is 43.2 Å². The van der Waals surface area contributed by atoms with Crippen molar-refractivity contribution in [2.24, 2.45) is 0 Å². The molecule has 0 radical (unpaired) electrons. The molecule has 0 aliphatic carbocycles. The van der Waals surface area contributed by atoms with Crippen LogP contribution in [-0.2, 0) is 20.7 Å². The summed E-state index contributed by atoms with van der Waals surface area (Å²) in [7, 11) is -3.75. The van der Waals surface area contributed by atoms with Crippen LogP contribution in [0.15, 0.2) is 6.07 Å². The minimum absolute atomic E-state index is 0.00628.